The average molecular weight is 338 g/mol. The lowest BCUT2D eigenvalue weighted by Gasteiger charge is -2.07. The Morgan fingerprint density at radius 1 is 1.17 bits per heavy atom. The van der Waals surface area contributed by atoms with Crippen molar-refractivity contribution in [3.8, 4) is 5.82 Å². The van der Waals surface area contributed by atoms with Crippen LogP contribution in [0.15, 0.2) is 72.3 Å². The molecule has 1 N–H and O–H groups in total. The highest BCUT2D eigenvalue weighted by molar-refractivity contribution is 7.99. The molecule has 0 radical (unpaired) electrons. The van der Waals surface area contributed by atoms with Crippen LogP contribution in [-0.2, 0) is 11.3 Å². The fraction of sp³-hybridized carbons (Fsp3) is 0.167. The van der Waals surface area contributed by atoms with Crippen molar-refractivity contribution < 1.29 is 4.79 Å². The molecule has 0 unspecified atom stereocenters. The van der Waals surface area contributed by atoms with E-state index in [0.717, 1.165) is 17.1 Å². The highest BCUT2D eigenvalue weighted by atomic mass is 32.2. The summed E-state index contributed by atoms with van der Waals surface area (Å²) in [7, 11) is 0. The second-order valence-electron chi connectivity index (χ2n) is 5.18. The van der Waals surface area contributed by atoms with Gasteiger partial charge in [-0.25, -0.2) is 9.97 Å². The topological polar surface area (TPSA) is 59.8 Å². The van der Waals surface area contributed by atoms with Crippen molar-refractivity contribution in [3.63, 3.8) is 0 Å². The van der Waals surface area contributed by atoms with Crippen LogP contribution in [0.2, 0.25) is 0 Å². The third-order valence-corrected chi connectivity index (χ3v) is 4.42. The number of nitrogens with zero attached hydrogens (tertiary/aromatic N) is 3. The van der Waals surface area contributed by atoms with E-state index < -0.39 is 0 Å². The first-order valence-corrected chi connectivity index (χ1v) is 8.67. The minimum Gasteiger partial charge on any atom is -0.352 e. The molecule has 0 aliphatic heterocycles. The first kappa shape index (κ1) is 16.3. The molecule has 1 amide bonds. The highest BCUT2D eigenvalue weighted by Gasteiger charge is 2.04. The number of imidazole rings is 1. The van der Waals surface area contributed by atoms with Gasteiger partial charge in [-0.2, -0.15) is 0 Å². The summed E-state index contributed by atoms with van der Waals surface area (Å²) in [6.45, 7) is 0.499. The number of carbonyl (C=O) groups excluding carboxylic acids is 1. The van der Waals surface area contributed by atoms with E-state index in [0.29, 0.717) is 13.0 Å². The van der Waals surface area contributed by atoms with Crippen LogP contribution in [0.4, 0.5) is 0 Å². The molecule has 0 saturated carbocycles. The van der Waals surface area contributed by atoms with E-state index in [1.165, 1.54) is 4.90 Å². The first-order valence-electron chi connectivity index (χ1n) is 7.69. The maximum atomic E-state index is 12.0. The van der Waals surface area contributed by atoms with Gasteiger partial charge in [-0.05, 0) is 29.8 Å². The van der Waals surface area contributed by atoms with Crippen LogP contribution in [0, 0.1) is 0 Å². The molecule has 0 aliphatic carbocycles. The maximum absolute atomic E-state index is 12.0. The fourth-order valence-electron chi connectivity index (χ4n) is 2.17. The molecular formula is C18H18N4OS. The molecular weight excluding hydrogens is 320 g/mol. The van der Waals surface area contributed by atoms with Crippen molar-refractivity contribution >= 4 is 17.7 Å². The Morgan fingerprint density at radius 3 is 2.83 bits per heavy atom. The van der Waals surface area contributed by atoms with Crippen molar-refractivity contribution in [2.45, 2.75) is 17.9 Å². The van der Waals surface area contributed by atoms with Crippen molar-refractivity contribution in [1.82, 2.24) is 19.9 Å². The van der Waals surface area contributed by atoms with Gasteiger partial charge in [0, 0.05) is 42.2 Å². The third-order valence-electron chi connectivity index (χ3n) is 3.41. The quantitative estimate of drug-likeness (QED) is 0.673. The molecule has 0 aliphatic rings. The van der Waals surface area contributed by atoms with Gasteiger partial charge in [0.05, 0.1) is 0 Å². The van der Waals surface area contributed by atoms with Crippen LogP contribution in [0.3, 0.4) is 0 Å². The number of hydrogen-bond acceptors (Lipinski definition) is 4. The van der Waals surface area contributed by atoms with Gasteiger partial charge in [-0.3, -0.25) is 9.36 Å². The number of rotatable bonds is 7. The number of amides is 1. The van der Waals surface area contributed by atoms with Gasteiger partial charge in [-0.15, -0.1) is 11.8 Å². The number of carbonyl (C=O) groups is 1. The van der Waals surface area contributed by atoms with E-state index in [1.54, 1.807) is 30.5 Å². The highest BCUT2D eigenvalue weighted by Crippen LogP contribution is 2.17. The summed E-state index contributed by atoms with van der Waals surface area (Å²) in [5, 5.41) is 2.95. The lowest BCUT2D eigenvalue weighted by Crippen LogP contribution is -2.23. The molecule has 0 atom stereocenters. The van der Waals surface area contributed by atoms with Gasteiger partial charge in [0.1, 0.15) is 12.1 Å². The molecule has 2 heterocycles. The predicted molar refractivity (Wildman–Crippen MR) is 95.0 cm³/mol. The summed E-state index contributed by atoms with van der Waals surface area (Å²) in [6, 6.07) is 13.9. The van der Waals surface area contributed by atoms with Gasteiger partial charge >= 0.3 is 0 Å². The molecule has 2 aromatic heterocycles. The standard InChI is InChI=1S/C18H18N4OS/c23-18(7-11-24-16-4-2-1-3-5-16)21-13-15-6-8-20-17(12-15)22-10-9-19-14-22/h1-6,8-10,12,14H,7,11,13H2,(H,21,23). The Balaban J connectivity index is 1.45. The van der Waals surface area contributed by atoms with E-state index in [4.69, 9.17) is 0 Å². The van der Waals surface area contributed by atoms with Gasteiger partial charge in [-0.1, -0.05) is 18.2 Å². The molecule has 5 nitrogen and oxygen atoms in total. The molecule has 1 aromatic carbocycles. The lowest BCUT2D eigenvalue weighted by molar-refractivity contribution is -0.120. The minimum atomic E-state index is 0.0550. The number of pyridine rings is 1. The average Bonchev–Trinajstić information content (AvgIpc) is 3.16. The Bertz CT molecular complexity index is 775. The number of benzene rings is 1. The van der Waals surface area contributed by atoms with Crippen LogP contribution in [0.25, 0.3) is 5.82 Å². The summed E-state index contributed by atoms with van der Waals surface area (Å²) in [5.74, 6) is 1.62. The normalized spacial score (nSPS) is 10.5. The zero-order chi connectivity index (χ0) is 16.6. The van der Waals surface area contributed by atoms with E-state index in [9.17, 15) is 4.79 Å². The summed E-state index contributed by atoms with van der Waals surface area (Å²) in [6.07, 6.45) is 7.48. The van der Waals surface area contributed by atoms with Crippen LogP contribution in [0.1, 0.15) is 12.0 Å². The molecule has 0 fully saturated rings. The fourth-order valence-corrected chi connectivity index (χ4v) is 3.05. The van der Waals surface area contributed by atoms with E-state index in [2.05, 4.69) is 27.4 Å². The maximum Gasteiger partial charge on any atom is 0.221 e. The summed E-state index contributed by atoms with van der Waals surface area (Å²) >= 11 is 1.69. The van der Waals surface area contributed by atoms with Gasteiger partial charge in [0.15, 0.2) is 0 Å². The predicted octanol–water partition coefficient (Wildman–Crippen LogP) is 3.07. The van der Waals surface area contributed by atoms with Crippen LogP contribution in [0.5, 0.6) is 0 Å². The zero-order valence-corrected chi connectivity index (χ0v) is 13.9. The van der Waals surface area contributed by atoms with Gasteiger partial charge in [0.25, 0.3) is 0 Å². The molecule has 6 heteroatoms. The molecule has 122 valence electrons. The minimum absolute atomic E-state index is 0.0550. The molecule has 0 saturated heterocycles. The zero-order valence-electron chi connectivity index (χ0n) is 13.1. The van der Waals surface area contributed by atoms with E-state index >= 15 is 0 Å². The van der Waals surface area contributed by atoms with E-state index in [-0.39, 0.29) is 5.91 Å². The van der Waals surface area contributed by atoms with Crippen molar-refractivity contribution in [3.05, 3.63) is 72.9 Å². The summed E-state index contributed by atoms with van der Waals surface area (Å²) < 4.78 is 1.84. The molecule has 0 bridgehead atoms. The van der Waals surface area contributed by atoms with Gasteiger partial charge < -0.3 is 5.32 Å². The Morgan fingerprint density at radius 2 is 2.04 bits per heavy atom. The number of hydrogen-bond donors (Lipinski definition) is 1. The Hall–Kier alpha value is -2.60. The van der Waals surface area contributed by atoms with E-state index in [1.807, 2.05) is 41.1 Å². The van der Waals surface area contributed by atoms with Gasteiger partial charge in [0.2, 0.25) is 5.91 Å². The smallest absolute Gasteiger partial charge is 0.221 e. The molecule has 3 aromatic rings. The summed E-state index contributed by atoms with van der Waals surface area (Å²) in [4.78, 5) is 21.5. The van der Waals surface area contributed by atoms with Crippen LogP contribution < -0.4 is 5.32 Å². The second-order valence-corrected chi connectivity index (χ2v) is 6.35. The largest absolute Gasteiger partial charge is 0.352 e. The Kier molecular flexibility index (Phi) is 5.63. The monoisotopic (exact) mass is 338 g/mol. The second kappa shape index (κ2) is 8.31. The first-order chi connectivity index (χ1) is 11.8. The van der Waals surface area contributed by atoms with Crippen molar-refractivity contribution in [2.24, 2.45) is 0 Å². The SMILES string of the molecule is O=C(CCSc1ccccc1)NCc1ccnc(-n2ccnc2)c1. The molecule has 3 rings (SSSR count). The van der Waals surface area contributed by atoms with Crippen LogP contribution >= 0.6 is 11.8 Å². The Labute approximate surface area is 145 Å². The van der Waals surface area contributed by atoms with Crippen molar-refractivity contribution in [1.29, 1.82) is 0 Å². The molecule has 0 spiro atoms. The number of thioether (sulfide) groups is 1. The number of nitrogens with one attached hydrogen (secondary N) is 1. The summed E-state index contributed by atoms with van der Waals surface area (Å²) in [5.41, 5.74) is 1.01. The van der Waals surface area contributed by atoms with Crippen molar-refractivity contribution in [2.75, 3.05) is 5.75 Å². The third kappa shape index (κ3) is 4.70. The lowest BCUT2D eigenvalue weighted by atomic mass is 10.2. The number of aromatic nitrogens is 3. The molecule has 24 heavy (non-hydrogen) atoms. The van der Waals surface area contributed by atoms with Crippen LogP contribution in [-0.4, -0.2) is 26.2 Å².